The van der Waals surface area contributed by atoms with Crippen LogP contribution in [-0.2, 0) is 17.6 Å². The minimum Gasteiger partial charge on any atom is -0.387 e. The van der Waals surface area contributed by atoms with E-state index in [1.54, 1.807) is 6.20 Å². The number of aromatic nitrogens is 3. The number of nitrogens with one attached hydrogen (secondary N) is 2. The summed E-state index contributed by atoms with van der Waals surface area (Å²) >= 11 is 0. The van der Waals surface area contributed by atoms with E-state index in [4.69, 9.17) is 4.98 Å². The molecule has 0 aliphatic carbocycles. The van der Waals surface area contributed by atoms with Crippen molar-refractivity contribution in [1.82, 2.24) is 19.9 Å². The van der Waals surface area contributed by atoms with E-state index in [2.05, 4.69) is 15.6 Å². The zero-order valence-corrected chi connectivity index (χ0v) is 24.1. The Morgan fingerprint density at radius 1 is 0.875 bits per heavy atom. The number of rotatable bonds is 10. The molecule has 5 aromatic rings. The molecule has 0 spiro atoms. The lowest BCUT2D eigenvalue weighted by Gasteiger charge is -2.12. The number of anilines is 1. The van der Waals surface area contributed by atoms with Crippen LogP contribution in [0.1, 0.15) is 23.1 Å². The maximum atomic E-state index is 12.7. The molecule has 1 atom stereocenters. The SMILES string of the molecule is Cl.Cl.Cl.O=C(Cc1nccn1-c1ccc2ccccc2n1)Nc1ccc(CCNCC(O)c2ccccc2)cc1. The van der Waals surface area contributed by atoms with E-state index in [0.29, 0.717) is 12.4 Å². The molecule has 5 rings (SSSR count). The van der Waals surface area contributed by atoms with E-state index in [-0.39, 0.29) is 49.5 Å². The summed E-state index contributed by atoms with van der Waals surface area (Å²) in [4.78, 5) is 21.8. The molecule has 3 aromatic carbocycles. The highest BCUT2D eigenvalue weighted by Crippen LogP contribution is 2.17. The fraction of sp³-hybridized carbons (Fsp3) is 0.167. The molecule has 0 saturated heterocycles. The number of nitrogens with zero attached hydrogens (tertiary/aromatic N) is 3. The molecule has 0 bridgehead atoms. The molecule has 0 aliphatic rings. The van der Waals surface area contributed by atoms with Gasteiger partial charge in [-0.3, -0.25) is 9.36 Å². The third-order valence-corrected chi connectivity index (χ3v) is 6.22. The van der Waals surface area contributed by atoms with Crippen molar-refractivity contribution >= 4 is 59.7 Å². The highest BCUT2D eigenvalue weighted by atomic mass is 35.5. The van der Waals surface area contributed by atoms with Crippen molar-refractivity contribution in [3.8, 4) is 5.82 Å². The molecule has 210 valence electrons. The Labute approximate surface area is 252 Å². The highest BCUT2D eigenvalue weighted by molar-refractivity contribution is 5.92. The molecule has 40 heavy (non-hydrogen) atoms. The van der Waals surface area contributed by atoms with Crippen molar-refractivity contribution < 1.29 is 9.90 Å². The highest BCUT2D eigenvalue weighted by Gasteiger charge is 2.12. The van der Waals surface area contributed by atoms with E-state index >= 15 is 0 Å². The number of halogens is 3. The van der Waals surface area contributed by atoms with Crippen molar-refractivity contribution in [3.05, 3.63) is 120 Å². The van der Waals surface area contributed by atoms with E-state index < -0.39 is 6.10 Å². The number of amides is 1. The summed E-state index contributed by atoms with van der Waals surface area (Å²) in [6, 6.07) is 29.3. The van der Waals surface area contributed by atoms with Gasteiger partial charge in [-0.1, -0.05) is 60.7 Å². The van der Waals surface area contributed by atoms with Crippen LogP contribution in [0.3, 0.4) is 0 Å². The van der Waals surface area contributed by atoms with Gasteiger partial charge in [-0.15, -0.1) is 37.2 Å². The van der Waals surface area contributed by atoms with Gasteiger partial charge in [0.2, 0.25) is 5.91 Å². The first-order valence-electron chi connectivity index (χ1n) is 12.4. The second-order valence-electron chi connectivity index (χ2n) is 8.88. The molecule has 7 nitrogen and oxygen atoms in total. The molecule has 0 fully saturated rings. The van der Waals surface area contributed by atoms with Crippen LogP contribution in [0, 0.1) is 0 Å². The largest absolute Gasteiger partial charge is 0.387 e. The normalized spacial score (nSPS) is 11.0. The van der Waals surface area contributed by atoms with E-state index in [1.807, 2.05) is 102 Å². The lowest BCUT2D eigenvalue weighted by atomic mass is 10.1. The van der Waals surface area contributed by atoms with Gasteiger partial charge in [-0.25, -0.2) is 9.97 Å². The molecule has 2 aromatic heterocycles. The smallest absolute Gasteiger partial charge is 0.231 e. The van der Waals surface area contributed by atoms with Crippen LogP contribution < -0.4 is 10.6 Å². The van der Waals surface area contributed by atoms with Crippen LogP contribution in [0.15, 0.2) is 103 Å². The molecular formula is C30H32Cl3N5O2. The van der Waals surface area contributed by atoms with Crippen molar-refractivity contribution in [2.75, 3.05) is 18.4 Å². The van der Waals surface area contributed by atoms with Crippen molar-refractivity contribution in [2.45, 2.75) is 18.9 Å². The summed E-state index contributed by atoms with van der Waals surface area (Å²) in [5, 5.41) is 17.6. The summed E-state index contributed by atoms with van der Waals surface area (Å²) < 4.78 is 1.84. The number of pyridine rings is 1. The van der Waals surface area contributed by atoms with Gasteiger partial charge in [-0.05, 0) is 54.4 Å². The van der Waals surface area contributed by atoms with Crippen LogP contribution in [0.4, 0.5) is 5.69 Å². The van der Waals surface area contributed by atoms with E-state index in [1.165, 1.54) is 0 Å². The van der Waals surface area contributed by atoms with Crippen molar-refractivity contribution in [2.24, 2.45) is 0 Å². The fourth-order valence-corrected chi connectivity index (χ4v) is 4.23. The summed E-state index contributed by atoms with van der Waals surface area (Å²) in [5.74, 6) is 1.21. The zero-order chi connectivity index (χ0) is 25.5. The van der Waals surface area contributed by atoms with Crippen LogP contribution in [0.5, 0.6) is 0 Å². The molecule has 3 N–H and O–H groups in total. The first kappa shape index (κ1) is 32.8. The minimum absolute atomic E-state index is 0. The zero-order valence-electron chi connectivity index (χ0n) is 21.6. The number of benzene rings is 3. The molecule has 10 heteroatoms. The topological polar surface area (TPSA) is 92.1 Å². The van der Waals surface area contributed by atoms with Gasteiger partial charge in [0.05, 0.1) is 18.0 Å². The molecule has 0 aliphatic heterocycles. The van der Waals surface area contributed by atoms with Crippen molar-refractivity contribution in [1.29, 1.82) is 0 Å². The summed E-state index contributed by atoms with van der Waals surface area (Å²) in [7, 11) is 0. The standard InChI is InChI=1S/C30H29N5O2.3ClH/c36-27(24-7-2-1-3-8-24)21-31-17-16-22-10-13-25(14-11-22)33-30(37)20-29-32-18-19-35(29)28-15-12-23-6-4-5-9-26(23)34-28;;;/h1-15,18-19,27,31,36H,16-17,20-21H2,(H,33,37);3*1H. The van der Waals surface area contributed by atoms with Crippen LogP contribution in [-0.4, -0.2) is 38.6 Å². The van der Waals surface area contributed by atoms with Crippen LogP contribution in [0.2, 0.25) is 0 Å². The summed E-state index contributed by atoms with van der Waals surface area (Å²) in [5.41, 5.74) is 3.69. The number of hydrogen-bond donors (Lipinski definition) is 3. The number of para-hydroxylation sites is 1. The Bertz CT molecular complexity index is 1480. The molecule has 1 unspecified atom stereocenters. The first-order valence-corrected chi connectivity index (χ1v) is 12.4. The summed E-state index contributed by atoms with van der Waals surface area (Å²) in [6.45, 7) is 1.25. The maximum absolute atomic E-state index is 12.7. The average molecular weight is 601 g/mol. The number of aliphatic hydroxyl groups excluding tert-OH is 1. The molecule has 0 radical (unpaired) electrons. The Morgan fingerprint density at radius 2 is 1.60 bits per heavy atom. The number of imidazole rings is 1. The minimum atomic E-state index is -0.522. The maximum Gasteiger partial charge on any atom is 0.231 e. The first-order chi connectivity index (χ1) is 18.2. The van der Waals surface area contributed by atoms with Gasteiger partial charge in [0.25, 0.3) is 0 Å². The van der Waals surface area contributed by atoms with Gasteiger partial charge in [0, 0.05) is 30.0 Å². The van der Waals surface area contributed by atoms with Gasteiger partial charge in [0.15, 0.2) is 0 Å². The molecule has 0 saturated carbocycles. The number of hydrogen-bond acceptors (Lipinski definition) is 5. The second-order valence-corrected chi connectivity index (χ2v) is 8.88. The Kier molecular flexibility index (Phi) is 13.1. The van der Waals surface area contributed by atoms with Crippen LogP contribution >= 0.6 is 37.2 Å². The number of carbonyl (C=O) groups excluding carboxylic acids is 1. The van der Waals surface area contributed by atoms with Gasteiger partial charge in [-0.2, -0.15) is 0 Å². The lowest BCUT2D eigenvalue weighted by Crippen LogP contribution is -2.23. The quantitative estimate of drug-likeness (QED) is 0.178. The molecule has 1 amide bonds. The predicted molar refractivity (Wildman–Crippen MR) is 167 cm³/mol. The second kappa shape index (κ2) is 16.0. The van der Waals surface area contributed by atoms with E-state index in [9.17, 15) is 9.90 Å². The van der Waals surface area contributed by atoms with Gasteiger partial charge >= 0.3 is 0 Å². The third kappa shape index (κ3) is 8.52. The van der Waals surface area contributed by atoms with Gasteiger partial charge < -0.3 is 15.7 Å². The summed E-state index contributed by atoms with van der Waals surface area (Å²) in [6.07, 6.45) is 3.94. The average Bonchev–Trinajstić information content (AvgIpc) is 3.40. The fourth-order valence-electron chi connectivity index (χ4n) is 4.23. The van der Waals surface area contributed by atoms with Crippen molar-refractivity contribution in [3.63, 3.8) is 0 Å². The number of aliphatic hydroxyl groups is 1. The number of carbonyl (C=O) groups is 1. The third-order valence-electron chi connectivity index (χ3n) is 6.22. The molecular weight excluding hydrogens is 569 g/mol. The number of fused-ring (bicyclic) bond motifs is 1. The van der Waals surface area contributed by atoms with Crippen LogP contribution in [0.25, 0.3) is 16.7 Å². The predicted octanol–water partition coefficient (Wildman–Crippen LogP) is 5.73. The lowest BCUT2D eigenvalue weighted by molar-refractivity contribution is -0.115. The Balaban J connectivity index is 0.00000187. The Morgan fingerprint density at radius 3 is 2.38 bits per heavy atom. The molecule has 2 heterocycles. The monoisotopic (exact) mass is 599 g/mol. The van der Waals surface area contributed by atoms with Gasteiger partial charge in [0.1, 0.15) is 11.6 Å². The van der Waals surface area contributed by atoms with E-state index in [0.717, 1.165) is 46.5 Å². The Hall–Kier alpha value is -3.46.